The summed E-state index contributed by atoms with van der Waals surface area (Å²) in [5.41, 5.74) is -0.327. The third-order valence-corrected chi connectivity index (χ3v) is 16.7. The predicted octanol–water partition coefficient (Wildman–Crippen LogP) is 6.27. The first kappa shape index (κ1) is 36.9. The normalized spacial score (nSPS) is 46.9. The largest absolute Gasteiger partial charge is 0.457 e. The van der Waals surface area contributed by atoms with Crippen molar-refractivity contribution in [2.24, 2.45) is 50.7 Å². The summed E-state index contributed by atoms with van der Waals surface area (Å²) in [5.74, 6) is 0.765. The van der Waals surface area contributed by atoms with Crippen molar-refractivity contribution >= 4 is 11.9 Å². The molecule has 6 unspecified atom stereocenters. The van der Waals surface area contributed by atoms with E-state index in [-0.39, 0.29) is 57.0 Å². The monoisotopic (exact) mass is 721 g/mol. The van der Waals surface area contributed by atoms with Gasteiger partial charge in [0.2, 0.25) is 6.29 Å². The van der Waals surface area contributed by atoms with Gasteiger partial charge in [-0.3, -0.25) is 9.59 Å². The number of amides is 1. The fraction of sp³-hybridized carbons (Fsp3) is 0.814. The summed E-state index contributed by atoms with van der Waals surface area (Å²) in [5, 5.41) is 23.7. The Morgan fingerprint density at radius 3 is 2.42 bits per heavy atom. The van der Waals surface area contributed by atoms with Gasteiger partial charge in [0.05, 0.1) is 36.6 Å². The molecule has 2 saturated heterocycles. The molecule has 0 bridgehead atoms. The number of ether oxygens (including phenoxy) is 4. The summed E-state index contributed by atoms with van der Waals surface area (Å²) in [6, 6.07) is 10.1. The number of carbonyl (C=O) groups is 2. The second-order valence-electron chi connectivity index (χ2n) is 19.8. The number of fused-ring (bicyclic) bond motifs is 4. The number of esters is 1. The molecule has 7 fully saturated rings. The maximum Gasteiger partial charge on any atom is 0.303 e. The molecule has 1 aromatic carbocycles. The standard InChI is InChI=1S/C43H63NO8/c1-25-22-28(35(39(5,6)48)50-26(2)45)51-33-32(25)40(7)18-19-43-24-42(43)17-16-31(38(3,4)29(42)14-15-30(43)41(40,8)34(33)46)52-37-36(47)44(20-21-49-37)23-27-12-10-9-11-13-27/h9-13,25,28-35,37,46,48H,14-24H2,1-8H3/t25-,28?,29+,30+,31?,32?,33?,34+,35+,37?,40-,41-,42-,43?/m1/s1. The van der Waals surface area contributed by atoms with Gasteiger partial charge in [-0.2, -0.15) is 0 Å². The molecule has 7 aliphatic rings. The smallest absolute Gasteiger partial charge is 0.303 e. The number of carbonyl (C=O) groups excluding carboxylic acids is 2. The molecule has 52 heavy (non-hydrogen) atoms. The molecule has 0 radical (unpaired) electrons. The topological polar surface area (TPSA) is 115 Å². The highest BCUT2D eigenvalue weighted by Gasteiger charge is 2.84. The number of hydrogen-bond acceptors (Lipinski definition) is 8. The summed E-state index contributed by atoms with van der Waals surface area (Å²) in [7, 11) is 0. The molecule has 2 N–H and O–H groups in total. The lowest BCUT2D eigenvalue weighted by atomic mass is 9.41. The zero-order valence-electron chi connectivity index (χ0n) is 32.7. The molecule has 14 atom stereocenters. The SMILES string of the molecule is CC(=O)O[C@@H](C1C[C@@H](C)C2C(O1)[C@H](O)[C@@]1(C)[C@@H]3CC[C@H]4C(C)(C)C(OC5OCCN(Cc6ccccc6)C5=O)CC[C@@]45CC35CC[C@]21C)C(C)(C)O. The second kappa shape index (κ2) is 12.2. The van der Waals surface area contributed by atoms with Crippen LogP contribution in [0.25, 0.3) is 0 Å². The van der Waals surface area contributed by atoms with Crippen LogP contribution in [0.5, 0.6) is 0 Å². The van der Waals surface area contributed by atoms with E-state index in [0.717, 1.165) is 37.7 Å². The molecule has 0 aromatic heterocycles. The number of rotatable bonds is 7. The van der Waals surface area contributed by atoms with Crippen molar-refractivity contribution in [3.63, 3.8) is 0 Å². The average molecular weight is 722 g/mol. The summed E-state index contributed by atoms with van der Waals surface area (Å²) in [6.45, 7) is 18.2. The highest BCUT2D eigenvalue weighted by atomic mass is 16.7. The average Bonchev–Trinajstić information content (AvgIpc) is 3.71. The zero-order valence-corrected chi connectivity index (χ0v) is 32.7. The van der Waals surface area contributed by atoms with Gasteiger partial charge in [0.15, 0.2) is 6.10 Å². The van der Waals surface area contributed by atoms with Crippen molar-refractivity contribution in [3.05, 3.63) is 35.9 Å². The van der Waals surface area contributed by atoms with E-state index in [1.54, 1.807) is 13.8 Å². The van der Waals surface area contributed by atoms with Crippen LogP contribution < -0.4 is 0 Å². The van der Waals surface area contributed by atoms with E-state index in [0.29, 0.717) is 38.0 Å². The number of nitrogens with zero attached hydrogens (tertiary/aromatic N) is 1. The van der Waals surface area contributed by atoms with E-state index in [1.807, 2.05) is 23.1 Å². The third kappa shape index (κ3) is 5.10. The van der Waals surface area contributed by atoms with Gasteiger partial charge in [-0.1, -0.05) is 65.0 Å². The minimum absolute atomic E-state index is 0.0699. The molecule has 8 rings (SSSR count). The molecule has 288 valence electrons. The van der Waals surface area contributed by atoms with E-state index in [2.05, 4.69) is 46.8 Å². The Morgan fingerprint density at radius 2 is 1.73 bits per heavy atom. The lowest BCUT2D eigenvalue weighted by molar-refractivity contribution is -0.244. The van der Waals surface area contributed by atoms with Gasteiger partial charge in [0, 0.05) is 25.4 Å². The van der Waals surface area contributed by atoms with Crippen LogP contribution in [0.3, 0.4) is 0 Å². The van der Waals surface area contributed by atoms with E-state index in [9.17, 15) is 19.8 Å². The molecular formula is C43H63NO8. The summed E-state index contributed by atoms with van der Waals surface area (Å²) >= 11 is 0. The number of benzene rings is 1. The minimum atomic E-state index is -1.27. The highest BCUT2D eigenvalue weighted by molar-refractivity contribution is 5.80. The van der Waals surface area contributed by atoms with Crippen molar-refractivity contribution in [2.75, 3.05) is 13.2 Å². The molecule has 5 saturated carbocycles. The number of aliphatic hydroxyl groups excluding tert-OH is 1. The fourth-order valence-electron chi connectivity index (χ4n) is 14.4. The van der Waals surface area contributed by atoms with Crippen molar-refractivity contribution in [2.45, 2.75) is 156 Å². The van der Waals surface area contributed by atoms with Crippen LogP contribution in [-0.4, -0.2) is 82.6 Å². The van der Waals surface area contributed by atoms with Crippen LogP contribution in [0.2, 0.25) is 0 Å². The Balaban J connectivity index is 1.01. The molecule has 5 aliphatic carbocycles. The van der Waals surface area contributed by atoms with Crippen LogP contribution in [0.15, 0.2) is 30.3 Å². The Hall–Kier alpha value is -2.04. The zero-order chi connectivity index (χ0) is 37.2. The van der Waals surface area contributed by atoms with E-state index < -0.39 is 36.2 Å². The predicted molar refractivity (Wildman–Crippen MR) is 194 cm³/mol. The van der Waals surface area contributed by atoms with Crippen LogP contribution in [0.4, 0.5) is 0 Å². The Kier molecular flexibility index (Phi) is 8.68. The minimum Gasteiger partial charge on any atom is -0.457 e. The maximum absolute atomic E-state index is 13.6. The maximum atomic E-state index is 13.6. The number of aliphatic hydroxyl groups is 2. The van der Waals surface area contributed by atoms with E-state index >= 15 is 0 Å². The van der Waals surface area contributed by atoms with E-state index in [1.165, 1.54) is 19.8 Å². The van der Waals surface area contributed by atoms with E-state index in [4.69, 9.17) is 18.9 Å². The summed E-state index contributed by atoms with van der Waals surface area (Å²) in [6.07, 6.45) is 4.99. The molecule has 1 amide bonds. The Labute approximate surface area is 310 Å². The van der Waals surface area contributed by atoms with Gasteiger partial charge in [0.25, 0.3) is 5.91 Å². The van der Waals surface area contributed by atoms with Crippen LogP contribution >= 0.6 is 0 Å². The van der Waals surface area contributed by atoms with Crippen molar-refractivity contribution in [1.29, 1.82) is 0 Å². The molecular weight excluding hydrogens is 658 g/mol. The first-order valence-electron chi connectivity index (χ1n) is 20.2. The van der Waals surface area contributed by atoms with Crippen LogP contribution in [0.1, 0.15) is 112 Å². The van der Waals surface area contributed by atoms with Crippen LogP contribution in [0, 0.1) is 50.7 Å². The van der Waals surface area contributed by atoms with Crippen molar-refractivity contribution < 1.29 is 38.7 Å². The van der Waals surface area contributed by atoms with Gasteiger partial charge >= 0.3 is 5.97 Å². The fourth-order valence-corrected chi connectivity index (χ4v) is 14.4. The molecule has 1 aromatic rings. The van der Waals surface area contributed by atoms with Gasteiger partial charge in [-0.15, -0.1) is 0 Å². The molecule has 2 spiro atoms. The van der Waals surface area contributed by atoms with Crippen LogP contribution in [-0.2, 0) is 35.1 Å². The van der Waals surface area contributed by atoms with Crippen molar-refractivity contribution in [3.8, 4) is 0 Å². The summed E-state index contributed by atoms with van der Waals surface area (Å²) < 4.78 is 25.3. The Bertz CT molecular complexity index is 1560. The summed E-state index contributed by atoms with van der Waals surface area (Å²) in [4.78, 5) is 27.6. The lowest BCUT2D eigenvalue weighted by Gasteiger charge is -2.63. The first-order valence-corrected chi connectivity index (χ1v) is 20.2. The quantitative estimate of drug-likeness (QED) is 0.317. The highest BCUT2D eigenvalue weighted by Crippen LogP contribution is 2.89. The van der Waals surface area contributed by atoms with Gasteiger partial charge in [0.1, 0.15) is 0 Å². The number of morpholine rings is 1. The van der Waals surface area contributed by atoms with Gasteiger partial charge in [-0.05, 0) is 116 Å². The molecule has 9 heteroatoms. The van der Waals surface area contributed by atoms with Gasteiger partial charge in [-0.25, -0.2) is 0 Å². The first-order chi connectivity index (χ1) is 24.4. The second-order valence-corrected chi connectivity index (χ2v) is 19.8. The lowest BCUT2D eigenvalue weighted by Crippen LogP contribution is -2.60. The Morgan fingerprint density at radius 1 is 1.04 bits per heavy atom. The molecule has 2 heterocycles. The number of hydrogen-bond donors (Lipinski definition) is 2. The molecule has 9 nitrogen and oxygen atoms in total. The van der Waals surface area contributed by atoms with Gasteiger partial charge < -0.3 is 34.1 Å². The third-order valence-electron chi connectivity index (χ3n) is 16.7. The molecule has 2 aliphatic heterocycles. The van der Waals surface area contributed by atoms with Crippen molar-refractivity contribution in [1.82, 2.24) is 4.90 Å².